The van der Waals surface area contributed by atoms with Crippen LogP contribution in [0.4, 0.5) is 0 Å². The summed E-state index contributed by atoms with van der Waals surface area (Å²) >= 11 is 53.9. The van der Waals surface area contributed by atoms with E-state index in [-0.39, 0.29) is 30.2 Å². The first-order chi connectivity index (χ1) is 18.5. The minimum absolute atomic E-state index is 0.144. The summed E-state index contributed by atoms with van der Waals surface area (Å²) in [7, 11) is 0. The molecule has 2 unspecified atom stereocenters. The number of hydrogen-bond donors (Lipinski definition) is 0. The fraction of sp³-hybridized carbons (Fsp3) is 0.231. The van der Waals surface area contributed by atoms with Crippen molar-refractivity contribution >= 4 is 116 Å². The van der Waals surface area contributed by atoms with Crippen LogP contribution < -0.4 is 4.74 Å². The molecule has 0 amide bonds. The number of benzene rings is 2. The molecule has 0 aromatic heterocycles. The van der Waals surface area contributed by atoms with Crippen molar-refractivity contribution in [3.8, 4) is 11.5 Å². The first-order valence-corrected chi connectivity index (χ1v) is 15.9. The summed E-state index contributed by atoms with van der Waals surface area (Å²) in [5.74, 6) is 1.26. The van der Waals surface area contributed by atoms with E-state index in [0.717, 1.165) is 9.79 Å². The fourth-order valence-electron chi connectivity index (χ4n) is 3.56. The molecule has 0 saturated heterocycles. The molecule has 0 heterocycles. The molecule has 208 valence electrons. The lowest BCUT2D eigenvalue weighted by Gasteiger charge is -2.25. The zero-order valence-electron chi connectivity index (χ0n) is 20.1. The van der Waals surface area contributed by atoms with E-state index >= 15 is 0 Å². The molecule has 0 spiro atoms. The molecule has 0 bridgehead atoms. The van der Waals surface area contributed by atoms with Gasteiger partial charge in [-0.3, -0.25) is 0 Å². The number of rotatable bonds is 10. The van der Waals surface area contributed by atoms with Crippen LogP contribution in [0.3, 0.4) is 0 Å². The van der Waals surface area contributed by atoms with Crippen molar-refractivity contribution in [1.29, 1.82) is 0 Å². The van der Waals surface area contributed by atoms with Gasteiger partial charge in [-0.1, -0.05) is 116 Å². The highest BCUT2D eigenvalue weighted by atomic mass is 35.5. The highest BCUT2D eigenvalue weighted by molar-refractivity contribution is 8.03. The number of hydrogen-bond acceptors (Lipinski definition) is 5. The smallest absolute Gasteiger partial charge is 0.212 e. The van der Waals surface area contributed by atoms with Crippen LogP contribution in [0.25, 0.3) is 0 Å². The lowest BCUT2D eigenvalue weighted by atomic mass is 10.3. The number of thioether (sulfide) groups is 2. The van der Waals surface area contributed by atoms with Crippen molar-refractivity contribution in [3.05, 3.63) is 88.5 Å². The molecular weight excluding hydrogens is 708 g/mol. The quantitative estimate of drug-likeness (QED) is 0.227. The molecule has 0 fully saturated rings. The summed E-state index contributed by atoms with van der Waals surface area (Å²) in [5, 5.41) is -1.67. The lowest BCUT2D eigenvalue weighted by molar-refractivity contribution is 0.0934. The van der Waals surface area contributed by atoms with E-state index in [4.69, 9.17) is 107 Å². The summed E-state index contributed by atoms with van der Waals surface area (Å²) in [4.78, 5) is 2.69. The topological polar surface area (TPSA) is 27.7 Å². The van der Waals surface area contributed by atoms with Gasteiger partial charge in [0.1, 0.15) is 11.5 Å². The van der Waals surface area contributed by atoms with Crippen LogP contribution in [0, 0.1) is 0 Å². The molecule has 0 saturated carbocycles. The van der Waals surface area contributed by atoms with Gasteiger partial charge in [-0.2, -0.15) is 0 Å². The standard InChI is InChI=1S/C26H18Cl8O3S2/c1-3-35-25(33)21(31)17(27)19(29)23(25)38-15-9-5-13(6-10-15)37-14-7-11-16(12-8-14)39-24-20(30)18(28)22(32)26(24,34)36-4-2/h5-12H,3-4H2,1-2H3. The van der Waals surface area contributed by atoms with Gasteiger partial charge >= 0.3 is 0 Å². The van der Waals surface area contributed by atoms with E-state index in [1.165, 1.54) is 23.5 Å². The summed E-state index contributed by atoms with van der Waals surface area (Å²) in [6, 6.07) is 14.8. The summed E-state index contributed by atoms with van der Waals surface area (Å²) in [6.45, 7) is 4.27. The number of halogens is 8. The van der Waals surface area contributed by atoms with Gasteiger partial charge in [-0.25, -0.2) is 0 Å². The summed E-state index contributed by atoms with van der Waals surface area (Å²) in [5.41, 5.74) is 0. The van der Waals surface area contributed by atoms with E-state index < -0.39 is 10.1 Å². The molecule has 2 aromatic rings. The molecule has 0 N–H and O–H groups in total. The normalized spacial score (nSPS) is 23.5. The maximum atomic E-state index is 6.66. The van der Waals surface area contributed by atoms with Gasteiger partial charge in [0.15, 0.2) is 0 Å². The average Bonchev–Trinajstić information content (AvgIpc) is 3.17. The summed E-state index contributed by atoms with van der Waals surface area (Å²) < 4.78 is 17.4. The predicted octanol–water partition coefficient (Wildman–Crippen LogP) is 11.9. The molecule has 2 atom stereocenters. The van der Waals surface area contributed by atoms with Crippen molar-refractivity contribution in [2.45, 2.75) is 33.8 Å². The second kappa shape index (κ2) is 13.2. The van der Waals surface area contributed by atoms with Crippen molar-refractivity contribution < 1.29 is 14.2 Å². The Morgan fingerprint density at radius 2 is 0.897 bits per heavy atom. The van der Waals surface area contributed by atoms with Crippen molar-refractivity contribution in [2.24, 2.45) is 0 Å². The largest absolute Gasteiger partial charge is 0.457 e. The lowest BCUT2D eigenvalue weighted by Crippen LogP contribution is -2.25. The van der Waals surface area contributed by atoms with Gasteiger partial charge < -0.3 is 14.2 Å². The van der Waals surface area contributed by atoms with Crippen LogP contribution in [0.1, 0.15) is 13.8 Å². The highest BCUT2D eigenvalue weighted by Crippen LogP contribution is 2.57. The van der Waals surface area contributed by atoms with Gasteiger partial charge in [0.2, 0.25) is 10.1 Å². The Balaban J connectivity index is 1.43. The predicted molar refractivity (Wildman–Crippen MR) is 168 cm³/mol. The average molecular weight is 726 g/mol. The maximum absolute atomic E-state index is 6.66. The number of ether oxygens (including phenoxy) is 3. The van der Waals surface area contributed by atoms with Crippen molar-refractivity contribution in [2.75, 3.05) is 13.2 Å². The molecule has 2 aliphatic carbocycles. The minimum atomic E-state index is -1.42. The molecule has 2 aromatic carbocycles. The van der Waals surface area contributed by atoms with Gasteiger partial charge in [0.05, 0.1) is 40.0 Å². The molecule has 39 heavy (non-hydrogen) atoms. The molecule has 2 aliphatic rings. The third kappa shape index (κ3) is 6.41. The van der Waals surface area contributed by atoms with Gasteiger partial charge in [0.25, 0.3) is 0 Å². The van der Waals surface area contributed by atoms with Crippen molar-refractivity contribution in [3.63, 3.8) is 0 Å². The van der Waals surface area contributed by atoms with Crippen LogP contribution >= 0.6 is 116 Å². The monoisotopic (exact) mass is 722 g/mol. The van der Waals surface area contributed by atoms with Crippen molar-refractivity contribution in [1.82, 2.24) is 0 Å². The first-order valence-electron chi connectivity index (χ1n) is 11.3. The second-order valence-corrected chi connectivity index (χ2v) is 13.3. The maximum Gasteiger partial charge on any atom is 0.212 e. The molecular formula is C26H18Cl8O3S2. The molecule has 0 aliphatic heterocycles. The van der Waals surface area contributed by atoms with Crippen LogP contribution in [0.15, 0.2) is 98.3 Å². The Bertz CT molecular complexity index is 1280. The number of alkyl halides is 2. The van der Waals surface area contributed by atoms with E-state index in [0.29, 0.717) is 34.5 Å². The zero-order valence-corrected chi connectivity index (χ0v) is 27.8. The van der Waals surface area contributed by atoms with Gasteiger partial charge in [0, 0.05) is 23.0 Å². The van der Waals surface area contributed by atoms with Crippen LogP contribution in [0.5, 0.6) is 11.5 Å². The van der Waals surface area contributed by atoms with E-state index in [1.807, 2.05) is 62.4 Å². The van der Waals surface area contributed by atoms with E-state index in [2.05, 4.69) is 0 Å². The van der Waals surface area contributed by atoms with E-state index in [9.17, 15) is 0 Å². The Hall–Kier alpha value is 0.140. The Morgan fingerprint density at radius 3 is 1.21 bits per heavy atom. The molecule has 13 heteroatoms. The number of allylic oxidation sites excluding steroid dienone is 4. The van der Waals surface area contributed by atoms with Crippen LogP contribution in [-0.4, -0.2) is 23.3 Å². The summed E-state index contributed by atoms with van der Waals surface area (Å²) in [6.07, 6.45) is 0. The van der Waals surface area contributed by atoms with Crippen LogP contribution in [-0.2, 0) is 9.47 Å². The Labute approximate surface area is 275 Å². The minimum Gasteiger partial charge on any atom is -0.457 e. The fourth-order valence-corrected chi connectivity index (χ4v) is 8.51. The highest BCUT2D eigenvalue weighted by Gasteiger charge is 2.47. The van der Waals surface area contributed by atoms with E-state index in [1.54, 1.807) is 0 Å². The van der Waals surface area contributed by atoms with Gasteiger partial charge in [-0.15, -0.1) is 0 Å². The molecule has 4 rings (SSSR count). The Kier molecular flexibility index (Phi) is 10.8. The molecule has 0 radical (unpaired) electrons. The zero-order chi connectivity index (χ0) is 28.5. The van der Waals surface area contributed by atoms with Gasteiger partial charge in [-0.05, 0) is 62.4 Å². The van der Waals surface area contributed by atoms with Crippen LogP contribution in [0.2, 0.25) is 0 Å². The molecule has 3 nitrogen and oxygen atoms in total. The SMILES string of the molecule is CCOC1(Cl)C(Cl)=C(Cl)C(Cl)=C1Sc1ccc(Oc2ccc(SC3=C(Cl)C(Cl)=C(Cl)C3(Cl)OCC)cc2)cc1. The second-order valence-electron chi connectivity index (χ2n) is 7.85. The third-order valence-electron chi connectivity index (χ3n) is 5.33. The third-order valence-corrected chi connectivity index (χ3v) is 12.2. The first kappa shape index (κ1) is 32.1. The Morgan fingerprint density at radius 1 is 0.564 bits per heavy atom.